The molecule has 0 radical (unpaired) electrons. The van der Waals surface area contributed by atoms with Gasteiger partial charge in [0.25, 0.3) is 0 Å². The minimum atomic E-state index is -0.331. The summed E-state index contributed by atoms with van der Waals surface area (Å²) in [5.41, 5.74) is 2.36. The molecule has 1 fully saturated rings. The van der Waals surface area contributed by atoms with E-state index in [0.29, 0.717) is 15.0 Å². The van der Waals surface area contributed by atoms with Gasteiger partial charge in [0.05, 0.1) is 0 Å². The van der Waals surface area contributed by atoms with E-state index in [0.717, 1.165) is 0 Å². The van der Waals surface area contributed by atoms with Crippen LogP contribution in [0.25, 0.3) is 0 Å². The Balaban J connectivity index is 2.20. The third-order valence-corrected chi connectivity index (χ3v) is 7.90. The van der Waals surface area contributed by atoms with Crippen molar-refractivity contribution in [1.82, 2.24) is 0 Å². The maximum absolute atomic E-state index is 6.79. The van der Waals surface area contributed by atoms with Crippen LogP contribution in [0.3, 0.4) is 0 Å². The molecule has 122 valence electrons. The first-order chi connectivity index (χ1) is 10.9. The zero-order valence-electron chi connectivity index (χ0n) is 14.7. The van der Waals surface area contributed by atoms with E-state index in [1.54, 1.807) is 0 Å². The van der Waals surface area contributed by atoms with Crippen LogP contribution in [-0.2, 0) is 10.3 Å². The van der Waals surface area contributed by atoms with Crippen molar-refractivity contribution in [3.05, 3.63) is 71.8 Å². The first-order valence-corrected chi connectivity index (χ1v) is 10.8. The minimum absolute atomic E-state index is 0.126. The van der Waals surface area contributed by atoms with E-state index < -0.39 is 0 Å². The van der Waals surface area contributed by atoms with Crippen LogP contribution in [0.2, 0.25) is 10.1 Å². The second-order valence-electron chi connectivity index (χ2n) is 7.59. The van der Waals surface area contributed by atoms with Gasteiger partial charge >= 0.3 is 146 Å². The van der Waals surface area contributed by atoms with Gasteiger partial charge in [-0.1, -0.05) is 0 Å². The molecule has 0 saturated carbocycles. The molecule has 2 aromatic carbocycles. The van der Waals surface area contributed by atoms with E-state index in [9.17, 15) is 0 Å². The third-order valence-electron chi connectivity index (χ3n) is 5.07. The molecule has 0 aromatic heterocycles. The summed E-state index contributed by atoms with van der Waals surface area (Å²) in [5, 5.41) is 0. The molecule has 0 spiro atoms. The fraction of sp³-hybridized carbons (Fsp3) is 0.429. The van der Waals surface area contributed by atoms with Gasteiger partial charge in [0.2, 0.25) is 0 Å². The van der Waals surface area contributed by atoms with E-state index in [1.807, 2.05) is 0 Å². The Kier molecular flexibility index (Phi) is 4.21. The predicted octanol–water partition coefficient (Wildman–Crippen LogP) is 5.31. The number of hydrogen-bond acceptors (Lipinski definition) is 1. The predicted molar refractivity (Wildman–Crippen MR) is 98.0 cm³/mol. The normalized spacial score (nSPS) is 26.6. The van der Waals surface area contributed by atoms with Crippen molar-refractivity contribution in [1.29, 1.82) is 0 Å². The number of hydrogen-bond donors (Lipinski definition) is 0. The van der Waals surface area contributed by atoms with Gasteiger partial charge in [0.1, 0.15) is 0 Å². The van der Waals surface area contributed by atoms with Crippen LogP contribution < -0.4 is 0 Å². The van der Waals surface area contributed by atoms with Gasteiger partial charge in [-0.3, -0.25) is 0 Å². The Hall–Kier alpha value is -1.08. The zero-order chi connectivity index (χ0) is 16.7. The van der Waals surface area contributed by atoms with Crippen molar-refractivity contribution in [2.75, 3.05) is 0 Å². The van der Waals surface area contributed by atoms with Gasteiger partial charge in [0, 0.05) is 0 Å². The van der Waals surface area contributed by atoms with Crippen molar-refractivity contribution in [2.24, 2.45) is 5.41 Å². The Morgan fingerprint density at radius 2 is 1.30 bits per heavy atom. The van der Waals surface area contributed by atoms with Crippen molar-refractivity contribution in [2.45, 2.75) is 49.5 Å². The van der Waals surface area contributed by atoms with Crippen LogP contribution in [0.1, 0.15) is 38.8 Å². The molecule has 2 heteroatoms. The number of rotatable bonds is 3. The molecule has 2 aromatic rings. The standard InChI is InChI=1S/C21H26OSe/c1-19(2,3)18-20(4,23-5)21(22-18,16-12-8-6-9-13-16)17-14-10-7-11-15-17/h6-15,18H,1-5H3. The second kappa shape index (κ2) is 5.77. The van der Waals surface area contributed by atoms with E-state index in [2.05, 4.69) is 94.2 Å². The Labute approximate surface area is 146 Å². The van der Waals surface area contributed by atoms with Crippen molar-refractivity contribution in [3.8, 4) is 0 Å². The second-order valence-corrected chi connectivity index (χ2v) is 10.2. The van der Waals surface area contributed by atoms with Gasteiger partial charge < -0.3 is 0 Å². The molecule has 2 unspecified atom stereocenters. The maximum atomic E-state index is 6.79. The summed E-state index contributed by atoms with van der Waals surface area (Å²) in [4.78, 5) is 0. The number of benzene rings is 2. The average molecular weight is 373 g/mol. The summed E-state index contributed by atoms with van der Waals surface area (Å²) in [6.45, 7) is 9.30. The average Bonchev–Trinajstić information content (AvgIpc) is 2.54. The Bertz CT molecular complexity index is 620. The van der Waals surface area contributed by atoms with E-state index >= 15 is 0 Å². The third kappa shape index (κ3) is 2.39. The molecule has 0 aliphatic carbocycles. The summed E-state index contributed by atoms with van der Waals surface area (Å²) >= 11 is 0.453. The zero-order valence-corrected chi connectivity index (χ0v) is 16.4. The van der Waals surface area contributed by atoms with Crippen LogP contribution >= 0.6 is 0 Å². The summed E-state index contributed by atoms with van der Waals surface area (Å²) in [7, 11) is 0. The quantitative estimate of drug-likeness (QED) is 0.663. The molecule has 1 aliphatic rings. The fourth-order valence-electron chi connectivity index (χ4n) is 4.01. The summed E-state index contributed by atoms with van der Waals surface area (Å²) in [5.74, 6) is 2.36. The van der Waals surface area contributed by atoms with Crippen LogP contribution in [0, 0.1) is 5.41 Å². The Morgan fingerprint density at radius 3 is 1.65 bits per heavy atom. The van der Waals surface area contributed by atoms with Gasteiger partial charge in [-0.2, -0.15) is 0 Å². The molecule has 1 nitrogen and oxygen atoms in total. The molecular weight excluding hydrogens is 347 g/mol. The monoisotopic (exact) mass is 374 g/mol. The molecule has 1 saturated heterocycles. The summed E-state index contributed by atoms with van der Waals surface area (Å²) < 4.78 is 6.91. The van der Waals surface area contributed by atoms with Crippen LogP contribution in [0.5, 0.6) is 0 Å². The van der Waals surface area contributed by atoms with Crippen molar-refractivity contribution in [3.63, 3.8) is 0 Å². The molecule has 0 N–H and O–H groups in total. The van der Waals surface area contributed by atoms with Gasteiger partial charge in [0.15, 0.2) is 0 Å². The summed E-state index contributed by atoms with van der Waals surface area (Å²) in [6.07, 6.45) is 0.264. The van der Waals surface area contributed by atoms with E-state index in [-0.39, 0.29) is 21.4 Å². The molecular formula is C21H26OSe. The SMILES string of the molecule is C[Se]C1(C)C(C(C)(C)C)OC1(c1ccccc1)c1ccccc1. The number of ether oxygens (including phenoxy) is 1. The summed E-state index contributed by atoms with van der Waals surface area (Å²) in [6, 6.07) is 21.5. The fourth-order valence-corrected chi connectivity index (χ4v) is 6.50. The molecule has 0 amide bonds. The topological polar surface area (TPSA) is 9.23 Å². The van der Waals surface area contributed by atoms with Gasteiger partial charge in [-0.15, -0.1) is 0 Å². The molecule has 3 rings (SSSR count). The molecule has 1 heterocycles. The molecule has 2 atom stereocenters. The first kappa shape index (κ1) is 16.8. The van der Waals surface area contributed by atoms with Gasteiger partial charge in [-0.05, 0) is 0 Å². The van der Waals surface area contributed by atoms with Crippen molar-refractivity contribution < 1.29 is 4.74 Å². The van der Waals surface area contributed by atoms with Crippen LogP contribution in [0.15, 0.2) is 60.7 Å². The Morgan fingerprint density at radius 1 is 0.870 bits per heavy atom. The molecule has 0 bridgehead atoms. The van der Waals surface area contributed by atoms with Crippen LogP contribution in [-0.4, -0.2) is 21.1 Å². The van der Waals surface area contributed by atoms with Crippen molar-refractivity contribution >= 4 is 15.0 Å². The van der Waals surface area contributed by atoms with E-state index in [4.69, 9.17) is 4.74 Å². The van der Waals surface area contributed by atoms with Crippen LogP contribution in [0.4, 0.5) is 0 Å². The first-order valence-electron chi connectivity index (χ1n) is 8.20. The molecule has 23 heavy (non-hydrogen) atoms. The molecule has 1 aliphatic heterocycles. The van der Waals surface area contributed by atoms with Gasteiger partial charge in [-0.25, -0.2) is 0 Å². The van der Waals surface area contributed by atoms with E-state index in [1.165, 1.54) is 11.1 Å².